The van der Waals surface area contributed by atoms with E-state index in [1.54, 1.807) is 105 Å². The maximum absolute atomic E-state index is 13.2. The molecule has 0 aliphatic carbocycles. The zero-order valence-corrected chi connectivity index (χ0v) is 79.9. The smallest absolute Gasteiger partial charge is 0.243 e. The molecule has 0 saturated carbocycles. The summed E-state index contributed by atoms with van der Waals surface area (Å²) in [5, 5.41) is 28.3. The molecule has 37 heteroatoms. The Labute approximate surface area is 760 Å². The Balaban J connectivity index is 0.000000239. The van der Waals surface area contributed by atoms with E-state index in [0.717, 1.165) is 41.4 Å². The molecular weight excluding hydrogens is 1730 g/mol. The van der Waals surface area contributed by atoms with Crippen molar-refractivity contribution in [2.45, 2.75) is 141 Å². The fourth-order valence-electron chi connectivity index (χ4n) is 12.3. The maximum Gasteiger partial charge on any atom is 0.243 e. The summed E-state index contributed by atoms with van der Waals surface area (Å²) >= 11 is 6.23. The Hall–Kier alpha value is -9.39. The molecule has 4 saturated heterocycles. The number of aliphatic hydroxyl groups is 2. The van der Waals surface area contributed by atoms with Gasteiger partial charge >= 0.3 is 0 Å². The van der Waals surface area contributed by atoms with Crippen LogP contribution in [-0.2, 0) is 43.7 Å². The van der Waals surface area contributed by atoms with Crippen LogP contribution >= 0.6 is 11.6 Å². The van der Waals surface area contributed by atoms with Crippen LogP contribution < -0.4 is 54.3 Å². The lowest BCUT2D eigenvalue weighted by Gasteiger charge is -2.36. The summed E-state index contributed by atoms with van der Waals surface area (Å²) in [6, 6.07) is 48.2. The zero-order chi connectivity index (χ0) is 90.8. The van der Waals surface area contributed by atoms with Crippen LogP contribution in [0.15, 0.2) is 178 Å². The van der Waals surface area contributed by atoms with Gasteiger partial charge in [-0.2, -0.15) is 37.8 Å². The predicted molar refractivity (Wildman–Crippen MR) is 511 cm³/mol. The van der Waals surface area contributed by atoms with Crippen LogP contribution in [0.5, 0.6) is 29.0 Å². The normalized spacial score (nSPS) is 14.8. The third-order valence-corrected chi connectivity index (χ3v) is 36.8. The van der Waals surface area contributed by atoms with E-state index in [9.17, 15) is 25.3 Å². The van der Waals surface area contributed by atoms with E-state index >= 15 is 0 Å². The average molecular weight is 1870 g/mol. The van der Waals surface area contributed by atoms with Gasteiger partial charge in [-0.05, 0) is 179 Å². The highest BCUT2D eigenvalue weighted by Crippen LogP contribution is 2.38. The first-order valence-electron chi connectivity index (χ1n) is 41.7. The standard InChI is InChI=1S/C30H43N5O5SSi.C24H29N5O5S.C22H24ClN5O3S.C8H20O2Si.C4H8O.2CH4/c1-23-8-10-24(11-9-23)31-27-22-28(39-20-21-40-42(6,7)30(2,3)4)33-29(32-27)34-16-18-35(19-17-34)41(36,37)26-14-12-25(38-5)13-15-26;1-18-3-5-19(6-4-18)25-22-17-23(34-16-15-30)27-24(26-22)28-11-13-29(14-12-28)35(31,32)21-9-7-20(33-2)8-10-21;1-16-3-5-17(6-4-16)24-21-15-20(23)25-22(26-21)27-11-13-28(14-12-27)32(29,30)19-9-7-18(31-2)8-10-19;1-8(2,3)11(4,5)10-7-6-9;1-2-4-5-3-1;;/h8-15,22H,16-21H2,1-7H3,(H,31,32,33);3-10,17,30H,11-16H2,1-2H3,(H,25,26,27);3-10,15H,11-14H2,1-2H3,(H,24,25,26);9H,6-7H2,1-5H3;1-4H2;2*1H4. The van der Waals surface area contributed by atoms with Crippen molar-refractivity contribution in [3.8, 4) is 29.0 Å². The summed E-state index contributed by atoms with van der Waals surface area (Å²) in [5.74, 6) is 5.67. The fourth-order valence-corrected chi connectivity index (χ4v) is 18.8. The molecule has 6 aromatic carbocycles. The molecule has 696 valence electrons. The number of aromatic nitrogens is 6. The molecule has 13 rings (SSSR count). The SMILES string of the molecule is C.C.C1CCOC1.CC(C)(C)[Si](C)(C)OCCO.COc1ccc(S(=O)(=O)N2CCN(c3nc(Cl)cc(Nc4ccc(C)cc4)n3)CC2)cc1.COc1ccc(S(=O)(=O)N2CCN(c3nc(Nc4ccc(C)cc4)cc(OCCO)n3)CC2)cc1.COc1ccc(S(=O)(=O)N2CCN(c3nc(Nc4ccc(C)cc4)cc(OCCO[Si](C)(C)C(C)(C)C)n3)CC2)cc1. The Morgan fingerprint density at radius 1 is 0.394 bits per heavy atom. The van der Waals surface area contributed by atoms with Crippen LogP contribution in [0.25, 0.3) is 0 Å². The van der Waals surface area contributed by atoms with Crippen LogP contribution in [0.1, 0.15) is 85.9 Å². The fraction of sp³-hybridized carbons (Fsp3) is 0.467. The molecule has 0 bridgehead atoms. The molecule has 0 spiro atoms. The first-order valence-corrected chi connectivity index (χ1v) is 52.2. The zero-order valence-electron chi connectivity index (χ0n) is 74.7. The summed E-state index contributed by atoms with van der Waals surface area (Å²) in [5.41, 5.74) is 6.13. The number of benzene rings is 6. The minimum Gasteiger partial charge on any atom is -0.497 e. The first-order chi connectivity index (χ1) is 59.3. The number of hydrogen-bond donors (Lipinski definition) is 5. The van der Waals surface area contributed by atoms with E-state index in [2.05, 4.69) is 109 Å². The van der Waals surface area contributed by atoms with E-state index in [1.165, 1.54) is 38.4 Å². The first kappa shape index (κ1) is 105. The number of piperazine rings is 3. The Bertz CT molecular complexity index is 5200. The highest BCUT2D eigenvalue weighted by Gasteiger charge is 2.39. The summed E-state index contributed by atoms with van der Waals surface area (Å²) in [6.45, 7) is 36.0. The van der Waals surface area contributed by atoms with Crippen molar-refractivity contribution in [2.75, 3.05) is 183 Å². The van der Waals surface area contributed by atoms with Gasteiger partial charge in [0.15, 0.2) is 16.6 Å². The molecule has 0 radical (unpaired) electrons. The van der Waals surface area contributed by atoms with E-state index in [4.69, 9.17) is 64.1 Å². The van der Waals surface area contributed by atoms with Crippen molar-refractivity contribution in [3.05, 3.63) is 186 Å². The number of halogens is 1. The second kappa shape index (κ2) is 48.3. The van der Waals surface area contributed by atoms with Gasteiger partial charge in [-0.15, -0.1) is 0 Å². The number of rotatable bonds is 29. The molecule has 4 fully saturated rings. The number of aryl methyl sites for hydroxylation is 3. The average Bonchev–Trinajstić information content (AvgIpc) is 0.917. The number of nitrogens with one attached hydrogen (secondary N) is 3. The lowest BCUT2D eigenvalue weighted by Crippen LogP contribution is -2.49. The number of aliphatic hydroxyl groups excluding tert-OH is 2. The summed E-state index contributed by atoms with van der Waals surface area (Å²) in [4.78, 5) is 34.0. The van der Waals surface area contributed by atoms with E-state index in [-0.39, 0.29) is 59.4 Å². The second-order valence-corrected chi connectivity index (χ2v) is 48.8. The minimum atomic E-state index is -3.63. The molecule has 7 heterocycles. The Kier molecular flexibility index (Phi) is 39.8. The number of ether oxygens (including phenoxy) is 6. The van der Waals surface area contributed by atoms with Gasteiger partial charge in [0, 0.05) is 127 Å². The molecule has 4 aliphatic rings. The van der Waals surface area contributed by atoms with Crippen molar-refractivity contribution in [1.82, 2.24) is 42.8 Å². The molecule has 127 heavy (non-hydrogen) atoms. The third-order valence-electron chi connectivity index (χ3n) is 21.8. The monoisotopic (exact) mass is 1870 g/mol. The number of sulfonamides is 3. The quantitative estimate of drug-likeness (QED) is 0.0165. The van der Waals surface area contributed by atoms with Gasteiger partial charge in [-0.1, -0.05) is 121 Å². The molecule has 5 N–H and O–H groups in total. The molecule has 0 unspecified atom stereocenters. The van der Waals surface area contributed by atoms with E-state index < -0.39 is 46.7 Å². The molecule has 0 amide bonds. The summed E-state index contributed by atoms with van der Waals surface area (Å²) in [6.07, 6.45) is 2.56. The summed E-state index contributed by atoms with van der Waals surface area (Å²) in [7, 11) is -9.67. The molecular formula is C90H132ClN15O16S3Si2. The van der Waals surface area contributed by atoms with E-state index in [1.807, 2.05) is 108 Å². The van der Waals surface area contributed by atoms with E-state index in [0.29, 0.717) is 168 Å². The van der Waals surface area contributed by atoms with Crippen LogP contribution in [0.4, 0.5) is 52.4 Å². The van der Waals surface area contributed by atoms with Crippen molar-refractivity contribution in [2.24, 2.45) is 0 Å². The number of anilines is 9. The van der Waals surface area contributed by atoms with Gasteiger partial charge in [0.1, 0.15) is 53.1 Å². The minimum absolute atomic E-state index is 0. The number of nitrogens with zero attached hydrogens (tertiary/aromatic N) is 12. The molecule has 9 aromatic rings. The molecule has 4 aliphatic heterocycles. The number of methoxy groups -OCH3 is 3. The van der Waals surface area contributed by atoms with Crippen LogP contribution in [0.3, 0.4) is 0 Å². The van der Waals surface area contributed by atoms with Gasteiger partial charge in [-0.25, -0.2) is 30.2 Å². The van der Waals surface area contributed by atoms with Gasteiger partial charge in [0.05, 0.1) is 62.4 Å². The van der Waals surface area contributed by atoms with Gasteiger partial charge in [0.2, 0.25) is 59.7 Å². The highest BCUT2D eigenvalue weighted by atomic mass is 35.5. The Morgan fingerprint density at radius 2 is 0.677 bits per heavy atom. The predicted octanol–water partition coefficient (Wildman–Crippen LogP) is 15.6. The number of hydrogen-bond acceptors (Lipinski definition) is 28. The lowest BCUT2D eigenvalue weighted by molar-refractivity contribution is 0.189. The summed E-state index contributed by atoms with van der Waals surface area (Å²) < 4.78 is 127. The molecule has 31 nitrogen and oxygen atoms in total. The van der Waals surface area contributed by atoms with Crippen LogP contribution in [0.2, 0.25) is 41.4 Å². The van der Waals surface area contributed by atoms with Gasteiger partial charge in [-0.3, -0.25) is 0 Å². The topological polar surface area (TPSA) is 350 Å². The molecule has 3 aromatic heterocycles. The van der Waals surface area contributed by atoms with Crippen molar-refractivity contribution < 1.29 is 72.7 Å². The second-order valence-electron chi connectivity index (χ2n) is 33.0. The Morgan fingerprint density at radius 3 is 0.953 bits per heavy atom. The molecule has 0 atom stereocenters. The third kappa shape index (κ3) is 30.9. The van der Waals surface area contributed by atoms with Crippen molar-refractivity contribution in [1.29, 1.82) is 0 Å². The van der Waals surface area contributed by atoms with Gasteiger partial charge < -0.3 is 78.1 Å². The lowest BCUT2D eigenvalue weighted by atomic mass is 10.2. The van der Waals surface area contributed by atoms with Crippen LogP contribution in [-0.4, -0.2) is 248 Å². The van der Waals surface area contributed by atoms with Crippen molar-refractivity contribution >= 4 is 111 Å². The highest BCUT2D eigenvalue weighted by molar-refractivity contribution is 7.89. The largest absolute Gasteiger partial charge is 0.497 e. The van der Waals surface area contributed by atoms with Crippen molar-refractivity contribution in [3.63, 3.8) is 0 Å². The van der Waals surface area contributed by atoms with Gasteiger partial charge in [0.25, 0.3) is 0 Å². The van der Waals surface area contributed by atoms with Crippen LogP contribution in [0, 0.1) is 20.8 Å². The maximum atomic E-state index is 13.2.